The summed E-state index contributed by atoms with van der Waals surface area (Å²) in [6, 6.07) is 15.1. The van der Waals surface area contributed by atoms with Crippen LogP contribution in [-0.2, 0) is 18.3 Å². The summed E-state index contributed by atoms with van der Waals surface area (Å²) in [6.45, 7) is 3.85. The summed E-state index contributed by atoms with van der Waals surface area (Å²) in [7, 11) is 1.87. The van der Waals surface area contributed by atoms with Gasteiger partial charge in [0.2, 0.25) is 5.91 Å². The number of amides is 2. The van der Waals surface area contributed by atoms with Crippen LogP contribution < -0.4 is 10.6 Å². The van der Waals surface area contributed by atoms with E-state index in [0.29, 0.717) is 11.4 Å². The number of carbonyl (C=O) groups is 2. The van der Waals surface area contributed by atoms with E-state index in [2.05, 4.69) is 20.7 Å². The van der Waals surface area contributed by atoms with Gasteiger partial charge in [-0.15, -0.1) is 11.3 Å². The highest BCUT2D eigenvalue weighted by Gasteiger charge is 2.18. The summed E-state index contributed by atoms with van der Waals surface area (Å²) in [4.78, 5) is 34.5. The first-order valence-electron chi connectivity index (χ1n) is 11.8. The predicted molar refractivity (Wildman–Crippen MR) is 145 cm³/mol. The fourth-order valence-electron chi connectivity index (χ4n) is 4.35. The van der Waals surface area contributed by atoms with Crippen LogP contribution in [0.4, 0.5) is 5.82 Å². The summed E-state index contributed by atoms with van der Waals surface area (Å²) in [5.41, 5.74) is 7.43. The molecule has 2 N–H and O–H groups in total. The molecule has 0 saturated carbocycles. The largest absolute Gasteiger partial charge is 0.345 e. The number of carbonyl (C=O) groups excluding carboxylic acids is 2. The van der Waals surface area contributed by atoms with Crippen molar-refractivity contribution in [3.63, 3.8) is 0 Å². The first-order chi connectivity index (χ1) is 17.9. The lowest BCUT2D eigenvalue weighted by molar-refractivity contribution is -0.115. The Hall–Kier alpha value is -4.37. The first-order valence-corrected chi connectivity index (χ1v) is 12.8. The van der Waals surface area contributed by atoms with Crippen LogP contribution in [0, 0.1) is 6.92 Å². The Morgan fingerprint density at radius 3 is 2.70 bits per heavy atom. The van der Waals surface area contributed by atoms with E-state index in [0.717, 1.165) is 38.9 Å². The molecule has 0 aliphatic rings. The molecule has 0 unspecified atom stereocenters. The molecule has 3 heterocycles. The first kappa shape index (κ1) is 24.3. The van der Waals surface area contributed by atoms with Gasteiger partial charge in [0.25, 0.3) is 5.91 Å². The van der Waals surface area contributed by atoms with Gasteiger partial charge in [-0.2, -0.15) is 5.10 Å². The maximum atomic E-state index is 13.3. The van der Waals surface area contributed by atoms with E-state index in [1.807, 2.05) is 69.6 Å². The number of nitrogens with zero attached hydrogens (tertiary/aromatic N) is 4. The number of nitrogens with one attached hydrogen (secondary N) is 2. The Balaban J connectivity index is 1.35. The molecular formula is C28H26N6O2S. The molecule has 5 aromatic rings. The molecule has 2 aromatic carbocycles. The number of rotatable bonds is 7. The molecule has 1 atom stereocenters. The molecule has 0 aliphatic carbocycles. The highest BCUT2D eigenvalue weighted by atomic mass is 32.1. The van der Waals surface area contributed by atoms with Crippen molar-refractivity contribution >= 4 is 39.9 Å². The normalized spacial score (nSPS) is 11.9. The van der Waals surface area contributed by atoms with Gasteiger partial charge in [-0.25, -0.2) is 9.97 Å². The number of para-hydroxylation sites is 1. The van der Waals surface area contributed by atoms with Crippen LogP contribution in [0.15, 0.2) is 71.8 Å². The van der Waals surface area contributed by atoms with Crippen molar-refractivity contribution in [3.05, 3.63) is 94.1 Å². The molecule has 0 radical (unpaired) electrons. The number of fused-ring (bicyclic) bond motifs is 1. The minimum atomic E-state index is -0.265. The standard InChI is InChI=1S/C28H26N6O2S/c1-17-10-19(11-27(35)33-26-15-37-16-29-26)8-9-21(17)28(36)31-18(2)23-12-25(20-13-30-34(3)14-20)32-24-7-5-4-6-22(23)24/h4-10,12-16,18H,11H2,1-3H3,(H,31,36)(H,33,35)/t18-/m1/s1. The number of hydrogen-bond acceptors (Lipinski definition) is 6. The van der Waals surface area contributed by atoms with Crippen LogP contribution in [0.1, 0.15) is 40.0 Å². The third kappa shape index (κ3) is 5.41. The van der Waals surface area contributed by atoms with Gasteiger partial charge in [0, 0.05) is 35.1 Å². The minimum Gasteiger partial charge on any atom is -0.345 e. The summed E-state index contributed by atoms with van der Waals surface area (Å²) < 4.78 is 1.74. The monoisotopic (exact) mass is 510 g/mol. The van der Waals surface area contributed by atoms with Crippen LogP contribution in [-0.4, -0.2) is 31.6 Å². The van der Waals surface area contributed by atoms with Crippen molar-refractivity contribution < 1.29 is 9.59 Å². The van der Waals surface area contributed by atoms with E-state index in [9.17, 15) is 9.59 Å². The molecule has 9 heteroatoms. The number of aromatic nitrogens is 4. The Labute approximate surface area is 218 Å². The molecular weight excluding hydrogens is 484 g/mol. The SMILES string of the molecule is Cc1cc(CC(=O)Nc2cscn2)ccc1C(=O)N[C@H](C)c1cc(-c2cnn(C)c2)nc2ccccc12. The van der Waals surface area contributed by atoms with E-state index in [4.69, 9.17) is 4.98 Å². The molecule has 5 rings (SSSR count). The van der Waals surface area contributed by atoms with Gasteiger partial charge in [-0.05, 0) is 48.7 Å². The lowest BCUT2D eigenvalue weighted by atomic mass is 9.99. The van der Waals surface area contributed by atoms with Crippen molar-refractivity contribution in [2.75, 3.05) is 5.32 Å². The maximum Gasteiger partial charge on any atom is 0.252 e. The van der Waals surface area contributed by atoms with E-state index >= 15 is 0 Å². The second kappa shape index (κ2) is 10.3. The maximum absolute atomic E-state index is 13.3. The molecule has 0 aliphatic heterocycles. The van der Waals surface area contributed by atoms with E-state index in [1.54, 1.807) is 27.8 Å². The number of benzene rings is 2. The quantitative estimate of drug-likeness (QED) is 0.318. The van der Waals surface area contributed by atoms with Gasteiger partial charge in [0.1, 0.15) is 5.82 Å². The van der Waals surface area contributed by atoms with Crippen molar-refractivity contribution in [1.29, 1.82) is 0 Å². The van der Waals surface area contributed by atoms with Crippen LogP contribution in [0.25, 0.3) is 22.2 Å². The average Bonchev–Trinajstić information content (AvgIpc) is 3.55. The van der Waals surface area contributed by atoms with Gasteiger partial charge < -0.3 is 10.6 Å². The third-order valence-electron chi connectivity index (χ3n) is 6.16. The summed E-state index contributed by atoms with van der Waals surface area (Å²) in [5, 5.41) is 13.0. The van der Waals surface area contributed by atoms with E-state index < -0.39 is 0 Å². The highest BCUT2D eigenvalue weighted by Crippen LogP contribution is 2.29. The van der Waals surface area contributed by atoms with Crippen molar-refractivity contribution in [1.82, 2.24) is 25.1 Å². The second-order valence-electron chi connectivity index (χ2n) is 8.96. The zero-order valence-corrected chi connectivity index (χ0v) is 21.5. The summed E-state index contributed by atoms with van der Waals surface area (Å²) >= 11 is 1.42. The summed E-state index contributed by atoms with van der Waals surface area (Å²) in [6.07, 6.45) is 3.91. The molecule has 3 aromatic heterocycles. The molecule has 0 saturated heterocycles. The number of thiazole rings is 1. The Kier molecular flexibility index (Phi) is 6.78. The van der Waals surface area contributed by atoms with Crippen molar-refractivity contribution in [2.24, 2.45) is 7.05 Å². The number of pyridine rings is 1. The van der Waals surface area contributed by atoms with Gasteiger partial charge in [0.05, 0.1) is 35.4 Å². The molecule has 37 heavy (non-hydrogen) atoms. The zero-order valence-electron chi connectivity index (χ0n) is 20.7. The molecule has 0 fully saturated rings. The van der Waals surface area contributed by atoms with E-state index in [1.165, 1.54) is 11.3 Å². The Bertz CT molecular complexity index is 1590. The molecule has 0 bridgehead atoms. The van der Waals surface area contributed by atoms with Crippen molar-refractivity contribution in [2.45, 2.75) is 26.3 Å². The molecule has 8 nitrogen and oxygen atoms in total. The van der Waals surface area contributed by atoms with Gasteiger partial charge in [0.15, 0.2) is 0 Å². The molecule has 2 amide bonds. The van der Waals surface area contributed by atoms with E-state index in [-0.39, 0.29) is 24.3 Å². The van der Waals surface area contributed by atoms with Crippen LogP contribution >= 0.6 is 11.3 Å². The second-order valence-corrected chi connectivity index (χ2v) is 9.68. The number of anilines is 1. The Morgan fingerprint density at radius 1 is 1.14 bits per heavy atom. The van der Waals surface area contributed by atoms with Gasteiger partial charge >= 0.3 is 0 Å². The van der Waals surface area contributed by atoms with Crippen molar-refractivity contribution in [3.8, 4) is 11.3 Å². The number of aryl methyl sites for hydroxylation is 2. The average molecular weight is 511 g/mol. The van der Waals surface area contributed by atoms with Crippen LogP contribution in [0.2, 0.25) is 0 Å². The third-order valence-corrected chi connectivity index (χ3v) is 6.75. The molecule has 0 spiro atoms. The summed E-state index contributed by atoms with van der Waals surface area (Å²) in [5.74, 6) is 0.226. The number of hydrogen-bond donors (Lipinski definition) is 2. The topological polar surface area (TPSA) is 102 Å². The lowest BCUT2D eigenvalue weighted by Gasteiger charge is -2.18. The predicted octanol–water partition coefficient (Wildman–Crippen LogP) is 5.07. The minimum absolute atomic E-state index is 0.148. The molecule has 186 valence electrons. The fourth-order valence-corrected chi connectivity index (χ4v) is 4.84. The van der Waals surface area contributed by atoms with Crippen LogP contribution in [0.5, 0.6) is 0 Å². The highest BCUT2D eigenvalue weighted by molar-refractivity contribution is 7.07. The van der Waals surface area contributed by atoms with Crippen LogP contribution in [0.3, 0.4) is 0 Å². The zero-order chi connectivity index (χ0) is 25.9. The lowest BCUT2D eigenvalue weighted by Crippen LogP contribution is -2.27. The van der Waals surface area contributed by atoms with Gasteiger partial charge in [-0.1, -0.05) is 30.3 Å². The smallest absolute Gasteiger partial charge is 0.252 e. The Morgan fingerprint density at radius 2 is 1.97 bits per heavy atom. The van der Waals surface area contributed by atoms with Gasteiger partial charge in [-0.3, -0.25) is 14.3 Å². The fraction of sp³-hybridized carbons (Fsp3) is 0.179.